The molecule has 0 fully saturated rings. The molecule has 0 atom stereocenters. The van der Waals surface area contributed by atoms with Crippen molar-refractivity contribution in [2.45, 2.75) is 13.8 Å². The molecule has 128 valence electrons. The number of aromatic nitrogens is 1. The number of ether oxygens (including phenoxy) is 1. The van der Waals surface area contributed by atoms with Gasteiger partial charge in [0, 0.05) is 23.2 Å². The van der Waals surface area contributed by atoms with Crippen LogP contribution in [-0.4, -0.2) is 28.8 Å². The minimum Gasteiger partial charge on any atom is -0.465 e. The van der Waals surface area contributed by atoms with Crippen molar-refractivity contribution in [3.05, 3.63) is 62.7 Å². The minimum atomic E-state index is -0.537. The van der Waals surface area contributed by atoms with Crippen LogP contribution in [0.3, 0.4) is 0 Å². The van der Waals surface area contributed by atoms with Crippen molar-refractivity contribution in [2.24, 2.45) is 0 Å². The molecule has 0 aliphatic heterocycles. The van der Waals surface area contributed by atoms with Crippen molar-refractivity contribution in [1.82, 2.24) is 4.98 Å². The first-order valence-electron chi connectivity index (χ1n) is 7.33. The van der Waals surface area contributed by atoms with Crippen LogP contribution in [0.15, 0.2) is 28.7 Å². The Kier molecular flexibility index (Phi) is 3.88. The molecule has 0 saturated carbocycles. The second-order valence-corrected chi connectivity index (χ2v) is 5.54. The molecule has 1 N–H and O–H groups in total. The number of ketones is 1. The van der Waals surface area contributed by atoms with Gasteiger partial charge in [-0.15, -0.1) is 0 Å². The van der Waals surface area contributed by atoms with Crippen LogP contribution in [-0.2, 0) is 4.74 Å². The van der Waals surface area contributed by atoms with Crippen LogP contribution in [0.4, 0.5) is 5.69 Å². The molecule has 3 rings (SSSR count). The molecule has 0 aliphatic carbocycles. The molecule has 0 radical (unpaired) electrons. The van der Waals surface area contributed by atoms with Crippen LogP contribution in [0.1, 0.15) is 37.9 Å². The summed E-state index contributed by atoms with van der Waals surface area (Å²) in [5, 5.41) is 11.3. The number of hydrogen-bond acceptors (Lipinski definition) is 6. The molecule has 8 heteroatoms. The van der Waals surface area contributed by atoms with Gasteiger partial charge in [-0.1, -0.05) is 0 Å². The smallest absolute Gasteiger partial charge is 0.339 e. The number of nitro groups is 1. The van der Waals surface area contributed by atoms with E-state index in [9.17, 15) is 19.7 Å². The number of esters is 1. The van der Waals surface area contributed by atoms with Gasteiger partial charge < -0.3 is 14.1 Å². The van der Waals surface area contributed by atoms with E-state index in [0.717, 1.165) is 0 Å². The number of nitrogens with zero attached hydrogens (tertiary/aromatic N) is 1. The predicted molar refractivity (Wildman–Crippen MR) is 87.9 cm³/mol. The van der Waals surface area contributed by atoms with Gasteiger partial charge in [-0.25, -0.2) is 4.79 Å². The highest BCUT2D eigenvalue weighted by molar-refractivity contribution is 6.10. The Hall–Kier alpha value is -3.42. The molecule has 0 amide bonds. The average Bonchev–Trinajstić information content (AvgIpc) is 3.13. The number of nitro benzene ring substituents is 1. The third-order valence-corrected chi connectivity index (χ3v) is 3.99. The largest absolute Gasteiger partial charge is 0.465 e. The standard InChI is InChI=1S/C17H14N2O6/c1-8-14(17(21)24-3)9(2)18-15(8)16(20)13-7-10-6-11(19(22)23)4-5-12(10)25-13/h4-7,18H,1-3H3. The van der Waals surface area contributed by atoms with Gasteiger partial charge in [0.05, 0.1) is 23.3 Å². The number of fused-ring (bicyclic) bond motifs is 1. The highest BCUT2D eigenvalue weighted by Crippen LogP contribution is 2.27. The molecule has 2 heterocycles. The van der Waals surface area contributed by atoms with Crippen molar-refractivity contribution >= 4 is 28.4 Å². The van der Waals surface area contributed by atoms with E-state index in [2.05, 4.69) is 4.98 Å². The average molecular weight is 342 g/mol. The molecule has 3 aromatic rings. The lowest BCUT2D eigenvalue weighted by atomic mass is 10.1. The van der Waals surface area contributed by atoms with Crippen LogP contribution in [0.25, 0.3) is 11.0 Å². The van der Waals surface area contributed by atoms with Gasteiger partial charge in [-0.2, -0.15) is 0 Å². The van der Waals surface area contributed by atoms with Gasteiger partial charge in [0.15, 0.2) is 5.76 Å². The summed E-state index contributed by atoms with van der Waals surface area (Å²) in [7, 11) is 1.27. The zero-order valence-corrected chi connectivity index (χ0v) is 13.7. The van der Waals surface area contributed by atoms with Gasteiger partial charge in [-0.3, -0.25) is 14.9 Å². The van der Waals surface area contributed by atoms with Crippen molar-refractivity contribution in [1.29, 1.82) is 0 Å². The fourth-order valence-corrected chi connectivity index (χ4v) is 2.76. The number of non-ortho nitro benzene ring substituents is 1. The van der Waals surface area contributed by atoms with Gasteiger partial charge >= 0.3 is 5.97 Å². The first-order valence-corrected chi connectivity index (χ1v) is 7.33. The monoisotopic (exact) mass is 342 g/mol. The molecule has 0 spiro atoms. The molecule has 8 nitrogen and oxygen atoms in total. The van der Waals surface area contributed by atoms with Crippen molar-refractivity contribution < 1.29 is 23.7 Å². The first-order chi connectivity index (χ1) is 11.8. The summed E-state index contributed by atoms with van der Waals surface area (Å²) >= 11 is 0. The third kappa shape index (κ3) is 2.67. The van der Waals surface area contributed by atoms with Gasteiger partial charge in [0.1, 0.15) is 5.58 Å². The molecular formula is C17H14N2O6. The normalized spacial score (nSPS) is 10.8. The van der Waals surface area contributed by atoms with Crippen LogP contribution in [0.5, 0.6) is 0 Å². The van der Waals surface area contributed by atoms with E-state index in [4.69, 9.17) is 9.15 Å². The Morgan fingerprint density at radius 1 is 1.24 bits per heavy atom. The maximum atomic E-state index is 12.7. The molecule has 2 aromatic heterocycles. The summed E-state index contributed by atoms with van der Waals surface area (Å²) in [5.74, 6) is -0.962. The van der Waals surface area contributed by atoms with E-state index in [-0.39, 0.29) is 17.1 Å². The second kappa shape index (κ2) is 5.90. The summed E-state index contributed by atoms with van der Waals surface area (Å²) in [5.41, 5.74) is 1.76. The number of methoxy groups -OCH3 is 1. The highest BCUT2D eigenvalue weighted by Gasteiger charge is 2.25. The number of benzene rings is 1. The molecule has 25 heavy (non-hydrogen) atoms. The fraction of sp³-hybridized carbons (Fsp3) is 0.176. The Morgan fingerprint density at radius 2 is 1.96 bits per heavy atom. The zero-order valence-electron chi connectivity index (χ0n) is 13.7. The third-order valence-electron chi connectivity index (χ3n) is 3.99. The van der Waals surface area contributed by atoms with E-state index in [1.165, 1.54) is 31.4 Å². The number of carbonyl (C=O) groups is 2. The Morgan fingerprint density at radius 3 is 2.60 bits per heavy atom. The summed E-state index contributed by atoms with van der Waals surface area (Å²) in [6.07, 6.45) is 0. The van der Waals surface area contributed by atoms with Crippen molar-refractivity contribution in [2.75, 3.05) is 7.11 Å². The zero-order chi connectivity index (χ0) is 18.3. The Bertz CT molecular complexity index is 1030. The lowest BCUT2D eigenvalue weighted by Crippen LogP contribution is -2.05. The minimum absolute atomic E-state index is 0.0243. The van der Waals surface area contributed by atoms with Crippen molar-refractivity contribution in [3.63, 3.8) is 0 Å². The fourth-order valence-electron chi connectivity index (χ4n) is 2.76. The number of hydrogen-bond donors (Lipinski definition) is 1. The molecular weight excluding hydrogens is 328 g/mol. The maximum Gasteiger partial charge on any atom is 0.339 e. The van der Waals surface area contributed by atoms with Crippen LogP contribution < -0.4 is 0 Å². The topological polar surface area (TPSA) is 115 Å². The summed E-state index contributed by atoms with van der Waals surface area (Å²) in [6, 6.07) is 5.52. The number of aromatic amines is 1. The lowest BCUT2D eigenvalue weighted by molar-refractivity contribution is -0.384. The number of aryl methyl sites for hydroxylation is 1. The molecule has 0 bridgehead atoms. The number of nitrogens with one attached hydrogen (secondary N) is 1. The first kappa shape index (κ1) is 16.4. The lowest BCUT2D eigenvalue weighted by Gasteiger charge is -1.99. The molecule has 0 unspecified atom stereocenters. The van der Waals surface area contributed by atoms with Crippen LogP contribution >= 0.6 is 0 Å². The van der Waals surface area contributed by atoms with Crippen molar-refractivity contribution in [3.8, 4) is 0 Å². The molecule has 0 saturated heterocycles. The van der Waals surface area contributed by atoms with Crippen LogP contribution in [0, 0.1) is 24.0 Å². The second-order valence-electron chi connectivity index (χ2n) is 5.54. The van der Waals surface area contributed by atoms with E-state index in [0.29, 0.717) is 27.8 Å². The SMILES string of the molecule is COC(=O)c1c(C)[nH]c(C(=O)c2cc3cc([N+](=O)[O-])ccc3o2)c1C. The number of rotatable bonds is 4. The molecule has 1 aromatic carbocycles. The van der Waals surface area contributed by atoms with Gasteiger partial charge in [0.2, 0.25) is 5.78 Å². The van der Waals surface area contributed by atoms with E-state index in [1.807, 2.05) is 0 Å². The Balaban J connectivity index is 2.05. The van der Waals surface area contributed by atoms with E-state index < -0.39 is 16.7 Å². The Labute approximate surface area is 141 Å². The number of H-pyrrole nitrogens is 1. The highest BCUT2D eigenvalue weighted by atomic mass is 16.6. The van der Waals surface area contributed by atoms with Gasteiger partial charge in [-0.05, 0) is 31.5 Å². The predicted octanol–water partition coefficient (Wildman–Crippen LogP) is 3.30. The quantitative estimate of drug-likeness (QED) is 0.336. The summed E-state index contributed by atoms with van der Waals surface area (Å²) < 4.78 is 10.2. The van der Waals surface area contributed by atoms with E-state index in [1.54, 1.807) is 13.8 Å². The summed E-state index contributed by atoms with van der Waals surface area (Å²) in [6.45, 7) is 3.30. The van der Waals surface area contributed by atoms with Gasteiger partial charge in [0.25, 0.3) is 5.69 Å². The summed E-state index contributed by atoms with van der Waals surface area (Å²) in [4.78, 5) is 37.8. The maximum absolute atomic E-state index is 12.7. The molecule has 0 aliphatic rings. The van der Waals surface area contributed by atoms with E-state index >= 15 is 0 Å². The number of carbonyl (C=O) groups excluding carboxylic acids is 2. The number of furan rings is 1. The van der Waals surface area contributed by atoms with Crippen LogP contribution in [0.2, 0.25) is 0 Å².